The first-order chi connectivity index (χ1) is 13.5. The van der Waals surface area contributed by atoms with Crippen molar-refractivity contribution in [2.24, 2.45) is 0 Å². The van der Waals surface area contributed by atoms with E-state index in [0.29, 0.717) is 27.3 Å². The number of aryl methyl sites for hydroxylation is 1. The van der Waals surface area contributed by atoms with Crippen LogP contribution in [0, 0.1) is 0 Å². The van der Waals surface area contributed by atoms with Gasteiger partial charge < -0.3 is 15.4 Å². The van der Waals surface area contributed by atoms with Crippen LogP contribution in [-0.4, -0.2) is 18.2 Å². The van der Waals surface area contributed by atoms with Crippen molar-refractivity contribution in [3.63, 3.8) is 0 Å². The second-order valence-electron chi connectivity index (χ2n) is 6.66. The topological polar surface area (TPSA) is 50.4 Å². The SMILES string of the molecule is COC(=O)c1c(NC(=S)NCc2ccc(Cl)cc2Cl)sc2c1CCCCCC2. The van der Waals surface area contributed by atoms with Crippen molar-refractivity contribution in [3.05, 3.63) is 49.8 Å². The lowest BCUT2D eigenvalue weighted by Gasteiger charge is -2.12. The van der Waals surface area contributed by atoms with Gasteiger partial charge in [0.2, 0.25) is 0 Å². The number of esters is 1. The van der Waals surface area contributed by atoms with E-state index in [-0.39, 0.29) is 5.97 Å². The summed E-state index contributed by atoms with van der Waals surface area (Å²) >= 11 is 19.2. The number of rotatable bonds is 4. The van der Waals surface area contributed by atoms with Crippen molar-refractivity contribution in [1.29, 1.82) is 0 Å². The molecule has 0 saturated heterocycles. The monoisotopic (exact) mass is 456 g/mol. The Morgan fingerprint density at radius 1 is 1.21 bits per heavy atom. The predicted molar refractivity (Wildman–Crippen MR) is 121 cm³/mol. The zero-order chi connectivity index (χ0) is 20.1. The molecule has 1 heterocycles. The largest absolute Gasteiger partial charge is 0.465 e. The van der Waals surface area contributed by atoms with Crippen LogP contribution in [0.2, 0.25) is 10.0 Å². The molecule has 4 nitrogen and oxygen atoms in total. The van der Waals surface area contributed by atoms with E-state index in [1.54, 1.807) is 23.5 Å². The molecule has 0 saturated carbocycles. The quantitative estimate of drug-likeness (QED) is 0.437. The van der Waals surface area contributed by atoms with E-state index in [4.69, 9.17) is 40.2 Å². The van der Waals surface area contributed by atoms with Crippen LogP contribution in [0.4, 0.5) is 5.00 Å². The molecule has 28 heavy (non-hydrogen) atoms. The zero-order valence-electron chi connectivity index (χ0n) is 15.6. The number of hydrogen-bond donors (Lipinski definition) is 2. The van der Waals surface area contributed by atoms with E-state index < -0.39 is 0 Å². The Kier molecular flexibility index (Phi) is 7.57. The molecule has 0 spiro atoms. The number of thiophene rings is 1. The number of nitrogens with one attached hydrogen (secondary N) is 2. The summed E-state index contributed by atoms with van der Waals surface area (Å²) in [6, 6.07) is 5.35. The minimum Gasteiger partial charge on any atom is -0.465 e. The number of carbonyl (C=O) groups excluding carboxylic acids is 1. The first kappa shape index (κ1) is 21.4. The second kappa shape index (κ2) is 9.92. The summed E-state index contributed by atoms with van der Waals surface area (Å²) in [5.74, 6) is -0.316. The number of ether oxygens (including phenoxy) is 1. The molecule has 0 amide bonds. The smallest absolute Gasteiger partial charge is 0.341 e. The van der Waals surface area contributed by atoms with E-state index in [9.17, 15) is 4.79 Å². The number of benzene rings is 1. The fraction of sp³-hybridized carbons (Fsp3) is 0.400. The average molecular weight is 457 g/mol. The average Bonchev–Trinajstić information content (AvgIpc) is 2.96. The number of hydrogen-bond acceptors (Lipinski definition) is 4. The highest BCUT2D eigenvalue weighted by molar-refractivity contribution is 7.80. The predicted octanol–water partition coefficient (Wildman–Crippen LogP) is 5.99. The first-order valence-corrected chi connectivity index (χ1v) is 11.2. The third kappa shape index (κ3) is 5.17. The van der Waals surface area contributed by atoms with E-state index >= 15 is 0 Å². The summed E-state index contributed by atoms with van der Waals surface area (Å²) in [6.45, 7) is 0.459. The van der Waals surface area contributed by atoms with Gasteiger partial charge in [0, 0.05) is 21.5 Å². The molecule has 1 aromatic heterocycles. The van der Waals surface area contributed by atoms with Gasteiger partial charge in [0.25, 0.3) is 0 Å². The molecular weight excluding hydrogens is 435 g/mol. The fourth-order valence-corrected chi connectivity index (χ4v) is 5.31. The van der Waals surface area contributed by atoms with Crippen LogP contribution in [0.5, 0.6) is 0 Å². The van der Waals surface area contributed by atoms with Crippen LogP contribution in [0.1, 0.15) is 52.0 Å². The Morgan fingerprint density at radius 3 is 2.68 bits per heavy atom. The van der Waals surface area contributed by atoms with Gasteiger partial charge in [-0.2, -0.15) is 0 Å². The molecular formula is C20H22Cl2N2O2S2. The maximum Gasteiger partial charge on any atom is 0.341 e. The van der Waals surface area contributed by atoms with Gasteiger partial charge in [-0.3, -0.25) is 0 Å². The summed E-state index contributed by atoms with van der Waals surface area (Å²) in [6.07, 6.45) is 6.55. The maximum absolute atomic E-state index is 12.5. The molecule has 0 fully saturated rings. The Hall–Kier alpha value is -1.34. The molecule has 1 aliphatic carbocycles. The number of anilines is 1. The number of thiocarbonyl (C=S) groups is 1. The third-order valence-electron chi connectivity index (χ3n) is 4.74. The molecule has 2 aromatic rings. The molecule has 0 bridgehead atoms. The van der Waals surface area contributed by atoms with E-state index in [0.717, 1.165) is 41.8 Å². The number of methoxy groups -OCH3 is 1. The highest BCUT2D eigenvalue weighted by atomic mass is 35.5. The molecule has 1 aliphatic rings. The van der Waals surface area contributed by atoms with Crippen molar-refractivity contribution in [1.82, 2.24) is 5.32 Å². The number of halogens is 2. The lowest BCUT2D eigenvalue weighted by Crippen LogP contribution is -2.28. The summed E-state index contributed by atoms with van der Waals surface area (Å²) in [4.78, 5) is 13.7. The van der Waals surface area contributed by atoms with Gasteiger partial charge in [-0.1, -0.05) is 42.1 Å². The molecule has 150 valence electrons. The number of fused-ring (bicyclic) bond motifs is 1. The van der Waals surface area contributed by atoms with Crippen LogP contribution < -0.4 is 10.6 Å². The van der Waals surface area contributed by atoms with Gasteiger partial charge in [-0.25, -0.2) is 4.79 Å². The Bertz CT molecular complexity index is 883. The maximum atomic E-state index is 12.5. The highest BCUT2D eigenvalue weighted by Crippen LogP contribution is 2.37. The Morgan fingerprint density at radius 2 is 1.96 bits per heavy atom. The van der Waals surface area contributed by atoms with Crippen molar-refractivity contribution >= 4 is 62.8 Å². The van der Waals surface area contributed by atoms with E-state index in [2.05, 4.69) is 10.6 Å². The van der Waals surface area contributed by atoms with E-state index in [1.165, 1.54) is 24.8 Å². The summed E-state index contributed by atoms with van der Waals surface area (Å²) in [5.41, 5.74) is 2.63. The molecule has 2 N–H and O–H groups in total. The Balaban J connectivity index is 1.75. The lowest BCUT2D eigenvalue weighted by molar-refractivity contribution is 0.0601. The minimum atomic E-state index is -0.316. The molecule has 0 radical (unpaired) electrons. The van der Waals surface area contributed by atoms with Crippen LogP contribution in [0.25, 0.3) is 0 Å². The van der Waals surface area contributed by atoms with E-state index in [1.807, 2.05) is 6.07 Å². The highest BCUT2D eigenvalue weighted by Gasteiger charge is 2.25. The second-order valence-corrected chi connectivity index (χ2v) is 9.01. The van der Waals surface area contributed by atoms with Crippen LogP contribution >= 0.6 is 46.8 Å². The standard InChI is InChI=1S/C20H22Cl2N2O2S2/c1-26-19(25)17-14-6-4-2-3-5-7-16(14)28-18(17)24-20(27)23-11-12-8-9-13(21)10-15(12)22/h8-10H,2-7,11H2,1H3,(H2,23,24,27). The molecule has 1 aromatic carbocycles. The molecule has 0 atom stereocenters. The summed E-state index contributed by atoms with van der Waals surface area (Å²) < 4.78 is 5.05. The van der Waals surface area contributed by atoms with Gasteiger partial charge in [0.15, 0.2) is 5.11 Å². The van der Waals surface area contributed by atoms with Gasteiger partial charge in [0.1, 0.15) is 5.00 Å². The third-order valence-corrected chi connectivity index (χ3v) is 6.78. The van der Waals surface area contributed by atoms with Gasteiger partial charge in [-0.05, 0) is 61.2 Å². The summed E-state index contributed by atoms with van der Waals surface area (Å²) in [7, 11) is 1.41. The van der Waals surface area contributed by atoms with Crippen molar-refractivity contribution in [2.45, 2.75) is 45.1 Å². The molecule has 3 rings (SSSR count). The van der Waals surface area contributed by atoms with Crippen molar-refractivity contribution in [2.75, 3.05) is 12.4 Å². The van der Waals surface area contributed by atoms with Crippen LogP contribution in [-0.2, 0) is 24.1 Å². The normalized spacial score (nSPS) is 13.8. The molecule has 8 heteroatoms. The van der Waals surface area contributed by atoms with Crippen molar-refractivity contribution in [3.8, 4) is 0 Å². The molecule has 0 aliphatic heterocycles. The Labute approximate surface area is 184 Å². The molecule has 0 unspecified atom stereocenters. The lowest BCUT2D eigenvalue weighted by atomic mass is 9.96. The zero-order valence-corrected chi connectivity index (χ0v) is 18.7. The van der Waals surface area contributed by atoms with Gasteiger partial charge >= 0.3 is 5.97 Å². The van der Waals surface area contributed by atoms with Crippen molar-refractivity contribution < 1.29 is 9.53 Å². The van der Waals surface area contributed by atoms with Crippen LogP contribution in [0.3, 0.4) is 0 Å². The minimum absolute atomic E-state index is 0.316. The number of carbonyl (C=O) groups is 1. The first-order valence-electron chi connectivity index (χ1n) is 9.21. The van der Waals surface area contributed by atoms with Gasteiger partial charge in [0.05, 0.1) is 12.7 Å². The fourth-order valence-electron chi connectivity index (χ4n) is 3.31. The van der Waals surface area contributed by atoms with Gasteiger partial charge in [-0.15, -0.1) is 11.3 Å². The summed E-state index contributed by atoms with van der Waals surface area (Å²) in [5, 5.41) is 8.69. The van der Waals surface area contributed by atoms with Crippen LogP contribution in [0.15, 0.2) is 18.2 Å².